The number of esters is 1. The summed E-state index contributed by atoms with van der Waals surface area (Å²) < 4.78 is 10.1. The van der Waals surface area contributed by atoms with Gasteiger partial charge in [-0.3, -0.25) is 14.5 Å². The third kappa shape index (κ3) is 3.27. The molecule has 4 rings (SSSR count). The number of benzene rings is 2. The molecule has 2 aromatic carbocycles. The zero-order valence-electron chi connectivity index (χ0n) is 15.9. The fraction of sp³-hybridized carbons (Fsp3) is 0.182. The number of rotatable bonds is 4. The summed E-state index contributed by atoms with van der Waals surface area (Å²) in [5.74, 6) is -0.801. The zero-order valence-corrected chi connectivity index (χ0v) is 16.7. The van der Waals surface area contributed by atoms with Crippen LogP contribution in [0.5, 0.6) is 5.75 Å². The fourth-order valence-electron chi connectivity index (χ4n) is 3.53. The highest BCUT2D eigenvalue weighted by Gasteiger charge is 2.48. The van der Waals surface area contributed by atoms with Gasteiger partial charge in [0.1, 0.15) is 11.0 Å². The molecule has 2 aliphatic heterocycles. The lowest BCUT2D eigenvalue weighted by atomic mass is 10.0. The molecule has 0 spiro atoms. The van der Waals surface area contributed by atoms with Gasteiger partial charge in [-0.15, -0.1) is 11.8 Å². The SMILES string of the molecule is COC(=O)[C@@H]1SC(c2ccccc2)=C[C@@H]2C1=C(O)C(=O)N2c1ccc(OC)cc1. The minimum atomic E-state index is -0.808. The molecule has 2 heterocycles. The minimum Gasteiger partial charge on any atom is -0.503 e. The molecule has 1 amide bonds. The van der Waals surface area contributed by atoms with E-state index in [1.165, 1.54) is 23.8 Å². The molecule has 2 aromatic rings. The van der Waals surface area contributed by atoms with E-state index in [2.05, 4.69) is 0 Å². The van der Waals surface area contributed by atoms with Crippen LogP contribution in [0.2, 0.25) is 0 Å². The summed E-state index contributed by atoms with van der Waals surface area (Å²) in [4.78, 5) is 27.8. The van der Waals surface area contributed by atoms with Gasteiger partial charge in [-0.1, -0.05) is 30.3 Å². The lowest BCUT2D eigenvalue weighted by Crippen LogP contribution is -2.39. The number of thioether (sulfide) groups is 1. The van der Waals surface area contributed by atoms with Crippen LogP contribution in [0.25, 0.3) is 4.91 Å². The van der Waals surface area contributed by atoms with Gasteiger partial charge < -0.3 is 14.6 Å². The van der Waals surface area contributed by atoms with Crippen LogP contribution in [-0.4, -0.2) is 42.5 Å². The van der Waals surface area contributed by atoms with Crippen molar-refractivity contribution < 1.29 is 24.2 Å². The highest BCUT2D eigenvalue weighted by atomic mass is 32.2. The average Bonchev–Trinajstić information content (AvgIpc) is 3.03. The van der Waals surface area contributed by atoms with Crippen LogP contribution in [0.1, 0.15) is 5.56 Å². The second-order valence-electron chi connectivity index (χ2n) is 6.54. The van der Waals surface area contributed by atoms with Gasteiger partial charge in [0.2, 0.25) is 0 Å². The van der Waals surface area contributed by atoms with Gasteiger partial charge in [0.15, 0.2) is 5.76 Å². The van der Waals surface area contributed by atoms with Gasteiger partial charge in [-0.2, -0.15) is 0 Å². The number of aliphatic hydroxyl groups is 1. The largest absolute Gasteiger partial charge is 0.503 e. The molecule has 0 saturated heterocycles. The highest BCUT2D eigenvalue weighted by molar-refractivity contribution is 8.09. The van der Waals surface area contributed by atoms with Gasteiger partial charge in [0.05, 0.1) is 20.3 Å². The van der Waals surface area contributed by atoms with Crippen LogP contribution in [0, 0.1) is 0 Å². The van der Waals surface area contributed by atoms with E-state index >= 15 is 0 Å². The molecule has 0 fully saturated rings. The second-order valence-corrected chi connectivity index (χ2v) is 7.69. The molecule has 29 heavy (non-hydrogen) atoms. The number of nitrogens with zero attached hydrogens (tertiary/aromatic N) is 1. The first-order valence-electron chi connectivity index (χ1n) is 8.97. The molecule has 0 aliphatic carbocycles. The zero-order chi connectivity index (χ0) is 20.5. The Bertz CT molecular complexity index is 1010. The summed E-state index contributed by atoms with van der Waals surface area (Å²) in [6.07, 6.45) is 1.90. The third-order valence-electron chi connectivity index (χ3n) is 4.95. The minimum absolute atomic E-state index is 0.349. The smallest absolute Gasteiger partial charge is 0.323 e. The van der Waals surface area contributed by atoms with Gasteiger partial charge >= 0.3 is 5.97 Å². The maximum Gasteiger partial charge on any atom is 0.323 e. The van der Waals surface area contributed by atoms with E-state index in [4.69, 9.17) is 9.47 Å². The summed E-state index contributed by atoms with van der Waals surface area (Å²) in [7, 11) is 2.86. The van der Waals surface area contributed by atoms with Crippen molar-refractivity contribution in [3.8, 4) is 5.75 Å². The molecular weight excluding hydrogens is 390 g/mol. The summed E-state index contributed by atoms with van der Waals surface area (Å²) in [6, 6.07) is 16.0. The quantitative estimate of drug-likeness (QED) is 0.779. The number of fused-ring (bicyclic) bond motifs is 1. The molecule has 0 aromatic heterocycles. The summed E-state index contributed by atoms with van der Waals surface area (Å²) in [6.45, 7) is 0. The monoisotopic (exact) mass is 409 g/mol. The molecule has 0 saturated carbocycles. The van der Waals surface area contributed by atoms with E-state index in [1.807, 2.05) is 36.4 Å². The Morgan fingerprint density at radius 1 is 1.07 bits per heavy atom. The van der Waals surface area contributed by atoms with E-state index in [0.29, 0.717) is 17.0 Å². The summed E-state index contributed by atoms with van der Waals surface area (Å²) >= 11 is 1.27. The Morgan fingerprint density at radius 2 is 1.76 bits per heavy atom. The van der Waals surface area contributed by atoms with Gasteiger partial charge in [-0.25, -0.2) is 0 Å². The van der Waals surface area contributed by atoms with E-state index < -0.39 is 28.9 Å². The summed E-state index contributed by atoms with van der Waals surface area (Å²) in [5, 5.41) is 9.80. The predicted octanol–water partition coefficient (Wildman–Crippen LogP) is 3.55. The molecule has 0 bridgehead atoms. The van der Waals surface area contributed by atoms with Crippen LogP contribution in [0.3, 0.4) is 0 Å². The number of aliphatic hydroxyl groups excluding tert-OH is 1. The molecular formula is C22H19NO5S. The summed E-state index contributed by atoms with van der Waals surface area (Å²) in [5.41, 5.74) is 1.88. The van der Waals surface area contributed by atoms with Crippen molar-refractivity contribution in [1.29, 1.82) is 0 Å². The fourth-order valence-corrected chi connectivity index (χ4v) is 4.83. The van der Waals surface area contributed by atoms with Crippen LogP contribution in [0.4, 0.5) is 5.69 Å². The Hall–Kier alpha value is -3.19. The molecule has 148 valence electrons. The van der Waals surface area contributed by atoms with Gasteiger partial charge in [0, 0.05) is 16.2 Å². The Morgan fingerprint density at radius 3 is 2.38 bits per heavy atom. The van der Waals surface area contributed by atoms with E-state index in [1.54, 1.807) is 31.4 Å². The number of anilines is 1. The van der Waals surface area contributed by atoms with Crippen molar-refractivity contribution in [3.63, 3.8) is 0 Å². The van der Waals surface area contributed by atoms with Crippen LogP contribution >= 0.6 is 11.8 Å². The Balaban J connectivity index is 1.83. The topological polar surface area (TPSA) is 76.1 Å². The van der Waals surface area contributed by atoms with Crippen molar-refractivity contribution in [3.05, 3.63) is 77.6 Å². The molecule has 7 heteroatoms. The first-order valence-corrected chi connectivity index (χ1v) is 9.85. The first-order chi connectivity index (χ1) is 14.0. The molecule has 1 N–H and O–H groups in total. The molecule has 2 aliphatic rings. The van der Waals surface area contributed by atoms with Crippen LogP contribution in [-0.2, 0) is 14.3 Å². The molecule has 0 unspecified atom stereocenters. The Labute approximate surface area is 172 Å². The predicted molar refractivity (Wildman–Crippen MR) is 112 cm³/mol. The van der Waals surface area contributed by atoms with Crippen LogP contribution < -0.4 is 9.64 Å². The normalized spacial score (nSPS) is 21.0. The second kappa shape index (κ2) is 7.67. The van der Waals surface area contributed by atoms with Crippen molar-refractivity contribution in [2.45, 2.75) is 11.3 Å². The number of amides is 1. The average molecular weight is 409 g/mol. The van der Waals surface area contributed by atoms with Gasteiger partial charge in [-0.05, 0) is 35.9 Å². The standard InChI is InChI=1S/C22H19NO5S/c1-27-15-10-8-14(9-11-15)23-16-12-17(13-6-4-3-5-7-13)29-20(22(26)28-2)18(16)19(24)21(23)25/h3-12,16,20,24H,1-2H3/t16-,20-/m1/s1. The first kappa shape index (κ1) is 19.1. The maximum absolute atomic E-state index is 12.9. The highest BCUT2D eigenvalue weighted by Crippen LogP contribution is 2.47. The molecule has 0 radical (unpaired) electrons. The molecule has 2 atom stereocenters. The van der Waals surface area contributed by atoms with Crippen molar-refractivity contribution in [1.82, 2.24) is 0 Å². The number of hydrogen-bond donors (Lipinski definition) is 1. The lowest BCUT2D eigenvalue weighted by molar-refractivity contribution is -0.139. The third-order valence-corrected chi connectivity index (χ3v) is 6.26. The Kier molecular flexibility index (Phi) is 5.07. The number of methoxy groups -OCH3 is 2. The number of hydrogen-bond acceptors (Lipinski definition) is 6. The van der Waals surface area contributed by atoms with Crippen LogP contribution in [0.15, 0.2) is 72.0 Å². The van der Waals surface area contributed by atoms with E-state index in [-0.39, 0.29) is 0 Å². The lowest BCUT2D eigenvalue weighted by Gasteiger charge is -2.31. The maximum atomic E-state index is 12.9. The number of carbonyl (C=O) groups is 2. The van der Waals surface area contributed by atoms with Crippen molar-refractivity contribution >= 4 is 34.2 Å². The van der Waals surface area contributed by atoms with E-state index in [0.717, 1.165) is 10.5 Å². The number of carbonyl (C=O) groups excluding carboxylic acids is 2. The van der Waals surface area contributed by atoms with E-state index in [9.17, 15) is 14.7 Å². The number of ether oxygens (including phenoxy) is 2. The van der Waals surface area contributed by atoms with Gasteiger partial charge in [0.25, 0.3) is 5.91 Å². The van der Waals surface area contributed by atoms with Crippen molar-refractivity contribution in [2.24, 2.45) is 0 Å². The van der Waals surface area contributed by atoms with Crippen molar-refractivity contribution in [2.75, 3.05) is 19.1 Å². The molecule has 6 nitrogen and oxygen atoms in total.